The first-order chi connectivity index (χ1) is 13.5. The van der Waals surface area contributed by atoms with Crippen molar-refractivity contribution in [3.8, 4) is 11.1 Å². The number of anilines is 1. The van der Waals surface area contributed by atoms with Crippen molar-refractivity contribution >= 4 is 11.7 Å². The highest BCUT2D eigenvalue weighted by Crippen LogP contribution is 2.20. The smallest absolute Gasteiger partial charge is 0.319 e. The van der Waals surface area contributed by atoms with Gasteiger partial charge in [0.25, 0.3) is 0 Å². The molecule has 0 unspecified atom stereocenters. The molecule has 28 heavy (non-hydrogen) atoms. The Morgan fingerprint density at radius 3 is 2.50 bits per heavy atom. The van der Waals surface area contributed by atoms with Gasteiger partial charge in [0.15, 0.2) is 0 Å². The van der Waals surface area contributed by atoms with E-state index in [-0.39, 0.29) is 6.03 Å². The van der Waals surface area contributed by atoms with Crippen molar-refractivity contribution in [1.29, 1.82) is 0 Å². The van der Waals surface area contributed by atoms with Crippen LogP contribution in [0.25, 0.3) is 11.1 Å². The van der Waals surface area contributed by atoms with Crippen molar-refractivity contribution in [2.45, 2.75) is 13.5 Å². The van der Waals surface area contributed by atoms with Gasteiger partial charge in [-0.2, -0.15) is 5.10 Å². The molecule has 0 radical (unpaired) electrons. The fraction of sp³-hybridized carbons (Fsp3) is 0.273. The lowest BCUT2D eigenvalue weighted by molar-refractivity contribution is 0.202. The fourth-order valence-corrected chi connectivity index (χ4v) is 2.96. The number of carbonyl (C=O) groups is 1. The third kappa shape index (κ3) is 5.44. The summed E-state index contributed by atoms with van der Waals surface area (Å²) >= 11 is 0. The minimum absolute atomic E-state index is 0.0978. The van der Waals surface area contributed by atoms with Crippen LogP contribution in [0.1, 0.15) is 11.1 Å². The van der Waals surface area contributed by atoms with Crippen LogP contribution >= 0.6 is 0 Å². The van der Waals surface area contributed by atoms with Crippen molar-refractivity contribution < 1.29 is 4.79 Å². The van der Waals surface area contributed by atoms with Crippen LogP contribution in [0.3, 0.4) is 0 Å². The molecule has 2 N–H and O–H groups in total. The first-order valence-electron chi connectivity index (χ1n) is 9.36. The van der Waals surface area contributed by atoms with Crippen LogP contribution in [0.15, 0.2) is 60.9 Å². The number of aromatic amines is 1. The summed E-state index contributed by atoms with van der Waals surface area (Å²) in [6.45, 7) is 4.10. The van der Waals surface area contributed by atoms with E-state index in [1.807, 2.05) is 55.5 Å². The lowest BCUT2D eigenvalue weighted by atomic mass is 10.1. The zero-order valence-electron chi connectivity index (χ0n) is 16.6. The topological polar surface area (TPSA) is 64.3 Å². The third-order valence-corrected chi connectivity index (χ3v) is 4.53. The van der Waals surface area contributed by atoms with Gasteiger partial charge in [-0.25, -0.2) is 4.79 Å². The molecular weight excluding hydrogens is 350 g/mol. The number of carbonyl (C=O) groups excluding carboxylic acids is 1. The molecule has 0 aliphatic carbocycles. The molecular formula is C22H27N5O. The predicted molar refractivity (Wildman–Crippen MR) is 113 cm³/mol. The van der Waals surface area contributed by atoms with E-state index < -0.39 is 0 Å². The standard InChI is InChI=1S/C22H27N5O/c1-17-5-4-6-18(13-17)16-27(12-11-26(2)3)22(28)25-21-9-7-19(8-10-21)20-14-23-24-15-20/h4-10,13-15H,11-12,16H2,1-3H3,(H,23,24)(H,25,28). The molecule has 6 heteroatoms. The fourth-order valence-electron chi connectivity index (χ4n) is 2.96. The Bertz CT molecular complexity index is 888. The average Bonchev–Trinajstić information content (AvgIpc) is 3.20. The number of aromatic nitrogens is 2. The number of urea groups is 1. The number of benzene rings is 2. The van der Waals surface area contributed by atoms with Crippen molar-refractivity contribution in [3.05, 3.63) is 72.1 Å². The second-order valence-corrected chi connectivity index (χ2v) is 7.21. The molecule has 2 aromatic carbocycles. The van der Waals surface area contributed by atoms with E-state index in [1.165, 1.54) is 5.56 Å². The van der Waals surface area contributed by atoms with Gasteiger partial charge in [0.05, 0.1) is 6.20 Å². The summed E-state index contributed by atoms with van der Waals surface area (Å²) in [7, 11) is 4.02. The largest absolute Gasteiger partial charge is 0.322 e. The van der Waals surface area contributed by atoms with E-state index in [2.05, 4.69) is 45.5 Å². The number of H-pyrrole nitrogens is 1. The quantitative estimate of drug-likeness (QED) is 0.655. The van der Waals surface area contributed by atoms with Gasteiger partial charge in [0.2, 0.25) is 0 Å². The number of likely N-dealkylation sites (N-methyl/N-ethyl adjacent to an activating group) is 1. The van der Waals surface area contributed by atoms with Gasteiger partial charge in [-0.15, -0.1) is 0 Å². The van der Waals surface area contributed by atoms with E-state index in [4.69, 9.17) is 0 Å². The number of amides is 2. The number of hydrogen-bond donors (Lipinski definition) is 2. The molecule has 0 fully saturated rings. The Labute approximate surface area is 166 Å². The van der Waals surface area contributed by atoms with Crippen LogP contribution in [0.2, 0.25) is 0 Å². The normalized spacial score (nSPS) is 10.9. The summed E-state index contributed by atoms with van der Waals surface area (Å²) < 4.78 is 0. The average molecular weight is 377 g/mol. The number of nitrogens with zero attached hydrogens (tertiary/aromatic N) is 3. The third-order valence-electron chi connectivity index (χ3n) is 4.53. The molecule has 0 aliphatic heterocycles. The molecule has 6 nitrogen and oxygen atoms in total. The van der Waals surface area contributed by atoms with E-state index >= 15 is 0 Å². The lowest BCUT2D eigenvalue weighted by Crippen LogP contribution is -2.39. The van der Waals surface area contributed by atoms with Gasteiger partial charge >= 0.3 is 6.03 Å². The van der Waals surface area contributed by atoms with Gasteiger partial charge in [0, 0.05) is 37.1 Å². The molecule has 0 spiro atoms. The van der Waals surface area contributed by atoms with Crippen LogP contribution < -0.4 is 5.32 Å². The Balaban J connectivity index is 1.69. The SMILES string of the molecule is Cc1cccc(CN(CCN(C)C)C(=O)Nc2ccc(-c3cn[nH]c3)cc2)c1. The second-order valence-electron chi connectivity index (χ2n) is 7.21. The van der Waals surface area contributed by atoms with Gasteiger partial charge < -0.3 is 15.1 Å². The van der Waals surface area contributed by atoms with Crippen LogP contribution in [-0.4, -0.2) is 53.2 Å². The molecule has 0 atom stereocenters. The maximum Gasteiger partial charge on any atom is 0.322 e. The highest BCUT2D eigenvalue weighted by Gasteiger charge is 2.15. The number of nitrogens with one attached hydrogen (secondary N) is 2. The summed E-state index contributed by atoms with van der Waals surface area (Å²) in [4.78, 5) is 16.8. The molecule has 3 rings (SSSR count). The summed E-state index contributed by atoms with van der Waals surface area (Å²) in [5, 5.41) is 9.80. The van der Waals surface area contributed by atoms with E-state index in [9.17, 15) is 4.79 Å². The zero-order chi connectivity index (χ0) is 19.9. The molecule has 3 aromatic rings. The number of rotatable bonds is 7. The lowest BCUT2D eigenvalue weighted by Gasteiger charge is -2.25. The molecule has 1 heterocycles. The minimum atomic E-state index is -0.0978. The van der Waals surface area contributed by atoms with E-state index in [1.54, 1.807) is 6.20 Å². The Hall–Kier alpha value is -3.12. The molecule has 2 amide bonds. The van der Waals surface area contributed by atoms with Crippen LogP contribution in [-0.2, 0) is 6.54 Å². The highest BCUT2D eigenvalue weighted by molar-refractivity contribution is 5.89. The van der Waals surface area contributed by atoms with E-state index in [0.29, 0.717) is 13.1 Å². The van der Waals surface area contributed by atoms with Crippen LogP contribution in [0, 0.1) is 6.92 Å². The molecule has 1 aromatic heterocycles. The van der Waals surface area contributed by atoms with Gasteiger partial charge in [-0.1, -0.05) is 42.0 Å². The first-order valence-corrected chi connectivity index (χ1v) is 9.36. The number of aryl methyl sites for hydroxylation is 1. The molecule has 0 saturated carbocycles. The highest BCUT2D eigenvalue weighted by atomic mass is 16.2. The molecule has 0 saturated heterocycles. The molecule has 146 valence electrons. The zero-order valence-corrected chi connectivity index (χ0v) is 16.6. The maximum absolute atomic E-state index is 12.9. The van der Waals surface area contributed by atoms with Crippen LogP contribution in [0.4, 0.5) is 10.5 Å². The summed E-state index contributed by atoms with van der Waals surface area (Å²) in [6, 6.07) is 16.0. The van der Waals surface area contributed by atoms with Gasteiger partial charge in [0.1, 0.15) is 0 Å². The maximum atomic E-state index is 12.9. The predicted octanol–water partition coefficient (Wildman–Crippen LogP) is 3.98. The van der Waals surface area contributed by atoms with Crippen LogP contribution in [0.5, 0.6) is 0 Å². The first kappa shape index (κ1) is 19.6. The Morgan fingerprint density at radius 1 is 1.07 bits per heavy atom. The monoisotopic (exact) mass is 377 g/mol. The van der Waals surface area contributed by atoms with Crippen molar-refractivity contribution in [2.75, 3.05) is 32.5 Å². The molecule has 0 bridgehead atoms. The summed E-state index contributed by atoms with van der Waals surface area (Å²) in [5.74, 6) is 0. The summed E-state index contributed by atoms with van der Waals surface area (Å²) in [6.07, 6.45) is 3.62. The second kappa shape index (κ2) is 9.19. The van der Waals surface area contributed by atoms with Gasteiger partial charge in [-0.05, 0) is 44.3 Å². The van der Waals surface area contributed by atoms with Crippen molar-refractivity contribution in [1.82, 2.24) is 20.0 Å². The minimum Gasteiger partial charge on any atom is -0.319 e. The van der Waals surface area contributed by atoms with E-state index in [0.717, 1.165) is 28.9 Å². The van der Waals surface area contributed by atoms with Crippen molar-refractivity contribution in [2.24, 2.45) is 0 Å². The van der Waals surface area contributed by atoms with Crippen molar-refractivity contribution in [3.63, 3.8) is 0 Å². The summed E-state index contributed by atoms with van der Waals surface area (Å²) in [5.41, 5.74) is 5.17. The number of hydrogen-bond acceptors (Lipinski definition) is 3. The molecule has 0 aliphatic rings. The Kier molecular flexibility index (Phi) is 6.45. The van der Waals surface area contributed by atoms with Gasteiger partial charge in [-0.3, -0.25) is 5.10 Å². The Morgan fingerprint density at radius 2 is 1.86 bits per heavy atom.